The molecule has 146 valence electrons. The second kappa shape index (κ2) is 8.18. The molecule has 2 heterocycles. The molecule has 9 heteroatoms. The van der Waals surface area contributed by atoms with Crippen molar-refractivity contribution in [3.05, 3.63) is 46.2 Å². The molecule has 3 N–H and O–H groups in total. The van der Waals surface area contributed by atoms with Crippen LogP contribution >= 0.6 is 11.3 Å². The number of thiophene rings is 1. The highest BCUT2D eigenvalue weighted by Gasteiger charge is 2.31. The molecule has 5 nitrogen and oxygen atoms in total. The largest absolute Gasteiger partial charge is 0.573 e. The van der Waals surface area contributed by atoms with Crippen LogP contribution in [0.15, 0.2) is 40.7 Å². The molecule has 27 heavy (non-hydrogen) atoms. The molecule has 3 rings (SSSR count). The lowest BCUT2D eigenvalue weighted by Gasteiger charge is -2.31. The van der Waals surface area contributed by atoms with E-state index in [-0.39, 0.29) is 17.8 Å². The Morgan fingerprint density at radius 3 is 2.78 bits per heavy atom. The summed E-state index contributed by atoms with van der Waals surface area (Å²) in [6.07, 6.45) is -3.65. The molecule has 1 aliphatic rings. The molecule has 0 fully saturated rings. The van der Waals surface area contributed by atoms with Crippen LogP contribution in [0.4, 0.5) is 18.9 Å². The molecule has 0 radical (unpaired) electrons. The van der Waals surface area contributed by atoms with Gasteiger partial charge >= 0.3 is 6.36 Å². The number of nitrogens with one attached hydrogen (secondary N) is 1. The summed E-state index contributed by atoms with van der Waals surface area (Å²) >= 11 is 1.81. The van der Waals surface area contributed by atoms with Gasteiger partial charge in [-0.2, -0.15) is 0 Å². The quantitative estimate of drug-likeness (QED) is 0.594. The number of fused-ring (bicyclic) bond motifs is 1. The third-order valence-electron chi connectivity index (χ3n) is 4.35. The number of ether oxygens (including phenoxy) is 1. The van der Waals surface area contributed by atoms with Crippen molar-refractivity contribution in [1.82, 2.24) is 4.90 Å². The lowest BCUT2D eigenvalue weighted by molar-refractivity contribution is -0.274. The van der Waals surface area contributed by atoms with Crippen LogP contribution in [0.2, 0.25) is 0 Å². The van der Waals surface area contributed by atoms with E-state index in [1.54, 1.807) is 11.3 Å². The SMILES string of the molecule is CC(CN=C(N)Nc1ccc(OC(F)(F)F)cc1)N1CCc2sccc2C1. The van der Waals surface area contributed by atoms with Crippen molar-refractivity contribution in [2.45, 2.75) is 32.3 Å². The van der Waals surface area contributed by atoms with Gasteiger partial charge in [-0.15, -0.1) is 24.5 Å². The first kappa shape index (κ1) is 19.5. The van der Waals surface area contributed by atoms with E-state index >= 15 is 0 Å². The fourth-order valence-corrected chi connectivity index (χ4v) is 3.81. The topological polar surface area (TPSA) is 62.9 Å². The molecule has 1 aromatic heterocycles. The average Bonchev–Trinajstić information content (AvgIpc) is 3.08. The average molecular weight is 398 g/mol. The lowest BCUT2D eigenvalue weighted by Crippen LogP contribution is -2.39. The highest BCUT2D eigenvalue weighted by molar-refractivity contribution is 7.10. The van der Waals surface area contributed by atoms with E-state index in [1.807, 2.05) is 0 Å². The second-order valence-corrected chi connectivity index (χ2v) is 7.36. The molecule has 0 amide bonds. The van der Waals surface area contributed by atoms with Gasteiger partial charge in [-0.05, 0) is 54.6 Å². The predicted octanol–water partition coefficient (Wildman–Crippen LogP) is 3.82. The number of halogens is 3. The number of benzene rings is 1. The molecule has 0 bridgehead atoms. The van der Waals surface area contributed by atoms with E-state index in [2.05, 4.69) is 38.3 Å². The van der Waals surface area contributed by atoms with Gasteiger partial charge in [-0.3, -0.25) is 9.89 Å². The molecule has 0 saturated carbocycles. The standard InChI is InChI=1S/C18H21F3N4OS/c1-12(25-8-6-16-13(11-25)7-9-27-16)10-23-17(22)24-14-2-4-15(5-3-14)26-18(19,20)21/h2-5,7,9,12H,6,8,10-11H2,1H3,(H3,22,23,24). The van der Waals surface area contributed by atoms with Crippen LogP contribution in [0.1, 0.15) is 17.4 Å². The van der Waals surface area contributed by atoms with Crippen molar-refractivity contribution < 1.29 is 17.9 Å². The molecule has 0 aliphatic carbocycles. The van der Waals surface area contributed by atoms with E-state index < -0.39 is 6.36 Å². The number of hydrogen-bond acceptors (Lipinski definition) is 4. The Balaban J connectivity index is 1.50. The van der Waals surface area contributed by atoms with E-state index in [4.69, 9.17) is 5.73 Å². The molecular formula is C18H21F3N4OS. The first-order valence-electron chi connectivity index (χ1n) is 8.52. The summed E-state index contributed by atoms with van der Waals surface area (Å²) in [6.45, 7) is 4.56. The smallest absolute Gasteiger partial charge is 0.406 e. The van der Waals surface area contributed by atoms with Crippen LogP contribution in [0, 0.1) is 0 Å². The Kier molecular flexibility index (Phi) is 5.91. The number of rotatable bonds is 5. The van der Waals surface area contributed by atoms with Crippen LogP contribution in [0.5, 0.6) is 5.75 Å². The number of nitrogens with two attached hydrogens (primary N) is 1. The maximum absolute atomic E-state index is 12.2. The highest BCUT2D eigenvalue weighted by atomic mass is 32.1. The van der Waals surface area contributed by atoms with Crippen molar-refractivity contribution in [3.8, 4) is 5.75 Å². The van der Waals surface area contributed by atoms with Crippen molar-refractivity contribution in [1.29, 1.82) is 0 Å². The van der Waals surface area contributed by atoms with Gasteiger partial charge < -0.3 is 15.8 Å². The van der Waals surface area contributed by atoms with Gasteiger partial charge in [0.1, 0.15) is 5.75 Å². The van der Waals surface area contributed by atoms with Crippen LogP contribution in [-0.4, -0.2) is 36.4 Å². The minimum absolute atomic E-state index is 0.222. The molecule has 2 aromatic rings. The van der Waals surface area contributed by atoms with E-state index in [0.29, 0.717) is 12.2 Å². The Bertz CT molecular complexity index is 789. The molecule has 1 aromatic carbocycles. The van der Waals surface area contributed by atoms with Gasteiger partial charge in [0.15, 0.2) is 5.96 Å². The zero-order valence-corrected chi connectivity index (χ0v) is 15.6. The summed E-state index contributed by atoms with van der Waals surface area (Å²) in [4.78, 5) is 8.18. The Labute approximate surface area is 159 Å². The molecular weight excluding hydrogens is 377 g/mol. The second-order valence-electron chi connectivity index (χ2n) is 6.36. The zero-order valence-electron chi connectivity index (χ0n) is 14.8. The van der Waals surface area contributed by atoms with Crippen LogP contribution in [0.3, 0.4) is 0 Å². The minimum Gasteiger partial charge on any atom is -0.406 e. The van der Waals surface area contributed by atoms with Gasteiger partial charge in [0.05, 0.1) is 6.54 Å². The Morgan fingerprint density at radius 1 is 1.33 bits per heavy atom. The first-order valence-corrected chi connectivity index (χ1v) is 9.40. The summed E-state index contributed by atoms with van der Waals surface area (Å²) in [5, 5.41) is 5.00. The normalized spacial score (nSPS) is 16.7. The monoisotopic (exact) mass is 398 g/mol. The number of hydrogen-bond donors (Lipinski definition) is 2. The van der Waals surface area contributed by atoms with E-state index in [0.717, 1.165) is 19.5 Å². The summed E-state index contributed by atoms with van der Waals surface area (Å²) in [6, 6.07) is 7.76. The maximum Gasteiger partial charge on any atom is 0.573 e. The third-order valence-corrected chi connectivity index (χ3v) is 5.37. The first-order chi connectivity index (χ1) is 12.8. The molecule has 0 spiro atoms. The molecule has 1 atom stereocenters. The Morgan fingerprint density at radius 2 is 2.07 bits per heavy atom. The van der Waals surface area contributed by atoms with Gasteiger partial charge in [-0.1, -0.05) is 0 Å². The lowest BCUT2D eigenvalue weighted by atomic mass is 10.1. The molecule has 1 aliphatic heterocycles. The molecule has 0 saturated heterocycles. The number of alkyl halides is 3. The van der Waals surface area contributed by atoms with Crippen LogP contribution in [0.25, 0.3) is 0 Å². The van der Waals surface area contributed by atoms with E-state index in [9.17, 15) is 13.2 Å². The van der Waals surface area contributed by atoms with Gasteiger partial charge in [0.2, 0.25) is 0 Å². The van der Waals surface area contributed by atoms with Crippen molar-refractivity contribution in [2.75, 3.05) is 18.4 Å². The Hall–Kier alpha value is -2.26. The fraction of sp³-hybridized carbons (Fsp3) is 0.389. The number of guanidine groups is 1. The number of nitrogens with zero attached hydrogens (tertiary/aromatic N) is 2. The third kappa shape index (κ3) is 5.61. The summed E-state index contributed by atoms with van der Waals surface area (Å²) < 4.78 is 40.3. The van der Waals surface area contributed by atoms with Crippen molar-refractivity contribution in [2.24, 2.45) is 10.7 Å². The van der Waals surface area contributed by atoms with Gasteiger partial charge in [-0.25, -0.2) is 0 Å². The van der Waals surface area contributed by atoms with Gasteiger partial charge in [0, 0.05) is 29.7 Å². The van der Waals surface area contributed by atoms with E-state index in [1.165, 1.54) is 34.7 Å². The zero-order chi connectivity index (χ0) is 19.4. The van der Waals surface area contributed by atoms with Crippen molar-refractivity contribution in [3.63, 3.8) is 0 Å². The van der Waals surface area contributed by atoms with Crippen LogP contribution in [-0.2, 0) is 13.0 Å². The predicted molar refractivity (Wildman–Crippen MR) is 101 cm³/mol. The fourth-order valence-electron chi connectivity index (χ4n) is 2.92. The highest BCUT2D eigenvalue weighted by Crippen LogP contribution is 2.25. The number of aliphatic imine (C=N–C) groups is 1. The summed E-state index contributed by atoms with van der Waals surface area (Å²) in [7, 11) is 0. The molecule has 1 unspecified atom stereocenters. The number of anilines is 1. The van der Waals surface area contributed by atoms with Crippen LogP contribution < -0.4 is 15.8 Å². The minimum atomic E-state index is -4.70. The van der Waals surface area contributed by atoms with Crippen molar-refractivity contribution >= 4 is 23.0 Å². The van der Waals surface area contributed by atoms with Gasteiger partial charge in [0.25, 0.3) is 0 Å². The summed E-state index contributed by atoms with van der Waals surface area (Å²) in [5.41, 5.74) is 7.82. The summed E-state index contributed by atoms with van der Waals surface area (Å²) in [5.74, 6) is -0.0605. The maximum atomic E-state index is 12.2.